The van der Waals surface area contributed by atoms with Gasteiger partial charge in [0.05, 0.1) is 0 Å². The second kappa shape index (κ2) is 5.88. The molecular weight excluding hydrogens is 266 g/mol. The van der Waals surface area contributed by atoms with Crippen LogP contribution in [-0.4, -0.2) is 29.0 Å². The lowest BCUT2D eigenvalue weighted by Gasteiger charge is -2.25. The van der Waals surface area contributed by atoms with Gasteiger partial charge in [-0.2, -0.15) is 10.5 Å². The molecule has 0 aromatic heterocycles. The Balaban J connectivity index is 1.76. The standard InChI is InChI=1S/C17H25NOS/c1-13-5-3-4-6-14(11-13)17(19)18-9-7-15-12-20(2)10-8-16(15)18/h8,10,12-14H,3-7,9,11H2,1-2H3. The van der Waals surface area contributed by atoms with Gasteiger partial charge in [0.2, 0.25) is 5.91 Å². The minimum absolute atomic E-state index is 0.256. The van der Waals surface area contributed by atoms with E-state index in [0.29, 0.717) is 11.8 Å². The van der Waals surface area contributed by atoms with Gasteiger partial charge in [0, 0.05) is 18.2 Å². The number of hydrogen-bond donors (Lipinski definition) is 0. The first-order valence-corrected chi connectivity index (χ1v) is 9.62. The van der Waals surface area contributed by atoms with E-state index in [1.807, 2.05) is 0 Å². The molecule has 3 aliphatic rings. The minimum atomic E-state index is 0.256. The van der Waals surface area contributed by atoms with Crippen LogP contribution in [0.2, 0.25) is 0 Å². The monoisotopic (exact) mass is 291 g/mol. The van der Waals surface area contributed by atoms with Crippen LogP contribution in [0.5, 0.6) is 0 Å². The molecule has 0 N–H and O–H groups in total. The molecule has 2 aliphatic heterocycles. The molecule has 0 radical (unpaired) electrons. The highest BCUT2D eigenvalue weighted by Gasteiger charge is 2.33. The van der Waals surface area contributed by atoms with Gasteiger partial charge in [-0.3, -0.25) is 4.79 Å². The van der Waals surface area contributed by atoms with Gasteiger partial charge in [-0.05, 0) is 53.9 Å². The molecule has 1 saturated carbocycles. The summed E-state index contributed by atoms with van der Waals surface area (Å²) in [5.41, 5.74) is 2.59. The molecule has 3 rings (SSSR count). The number of carbonyl (C=O) groups is 1. The SMILES string of the molecule is CC1CCCCC(C(=O)N2CCC3=CS(C)=CC=C32)C1. The molecule has 2 heterocycles. The number of likely N-dealkylation sites (tertiary alicyclic amines) is 1. The molecule has 1 aliphatic carbocycles. The van der Waals surface area contributed by atoms with Crippen LogP contribution >= 0.6 is 10.5 Å². The van der Waals surface area contributed by atoms with Gasteiger partial charge in [0.1, 0.15) is 0 Å². The molecule has 110 valence electrons. The second-order valence-electron chi connectivity index (χ2n) is 6.50. The minimum Gasteiger partial charge on any atom is -0.312 e. The van der Waals surface area contributed by atoms with Crippen LogP contribution in [0, 0.1) is 11.8 Å². The Morgan fingerprint density at radius 1 is 1.35 bits per heavy atom. The van der Waals surface area contributed by atoms with Crippen molar-refractivity contribution in [1.29, 1.82) is 0 Å². The van der Waals surface area contributed by atoms with E-state index in [1.54, 1.807) is 0 Å². The van der Waals surface area contributed by atoms with Gasteiger partial charge < -0.3 is 4.90 Å². The van der Waals surface area contributed by atoms with Crippen molar-refractivity contribution in [3.63, 3.8) is 0 Å². The molecule has 3 heteroatoms. The molecule has 2 nitrogen and oxygen atoms in total. The first kappa shape index (κ1) is 14.1. The highest BCUT2D eigenvalue weighted by atomic mass is 32.2. The number of nitrogens with zero attached hydrogens (tertiary/aromatic N) is 1. The highest BCUT2D eigenvalue weighted by molar-refractivity contribution is 8.17. The summed E-state index contributed by atoms with van der Waals surface area (Å²) in [6, 6.07) is 0. The Morgan fingerprint density at radius 2 is 2.15 bits per heavy atom. The van der Waals surface area contributed by atoms with Crippen molar-refractivity contribution in [1.82, 2.24) is 4.90 Å². The lowest BCUT2D eigenvalue weighted by molar-refractivity contribution is -0.133. The van der Waals surface area contributed by atoms with Crippen molar-refractivity contribution in [2.24, 2.45) is 11.8 Å². The van der Waals surface area contributed by atoms with E-state index < -0.39 is 0 Å². The number of fused-ring (bicyclic) bond motifs is 1. The van der Waals surface area contributed by atoms with Gasteiger partial charge >= 0.3 is 0 Å². The van der Waals surface area contributed by atoms with Crippen LogP contribution in [-0.2, 0) is 4.79 Å². The zero-order chi connectivity index (χ0) is 14.1. The zero-order valence-corrected chi connectivity index (χ0v) is 13.4. The summed E-state index contributed by atoms with van der Waals surface area (Å²) in [4.78, 5) is 15.0. The molecule has 20 heavy (non-hydrogen) atoms. The van der Waals surface area contributed by atoms with Crippen molar-refractivity contribution >= 4 is 21.8 Å². The van der Waals surface area contributed by atoms with Gasteiger partial charge in [-0.25, -0.2) is 0 Å². The molecule has 3 atom stereocenters. The Bertz CT molecular complexity index is 503. The molecule has 1 saturated heterocycles. The van der Waals surface area contributed by atoms with Crippen LogP contribution < -0.4 is 0 Å². The summed E-state index contributed by atoms with van der Waals surface area (Å²) in [6.07, 6.45) is 11.5. The molecule has 0 aromatic carbocycles. The number of rotatable bonds is 1. The fourth-order valence-electron chi connectivity index (χ4n) is 3.68. The molecule has 0 spiro atoms. The lowest BCUT2D eigenvalue weighted by Crippen LogP contribution is -2.33. The number of amides is 1. The van der Waals surface area contributed by atoms with E-state index in [4.69, 9.17) is 0 Å². The van der Waals surface area contributed by atoms with E-state index in [-0.39, 0.29) is 16.4 Å². The lowest BCUT2D eigenvalue weighted by atomic mass is 9.93. The topological polar surface area (TPSA) is 20.3 Å². The van der Waals surface area contributed by atoms with Gasteiger partial charge in [-0.15, -0.1) is 0 Å². The number of hydrogen-bond acceptors (Lipinski definition) is 1. The normalized spacial score (nSPS) is 33.7. The van der Waals surface area contributed by atoms with E-state index in [1.165, 1.54) is 30.5 Å². The quantitative estimate of drug-likeness (QED) is 0.530. The largest absolute Gasteiger partial charge is 0.312 e. The van der Waals surface area contributed by atoms with Crippen molar-refractivity contribution in [2.75, 3.05) is 12.8 Å². The van der Waals surface area contributed by atoms with Gasteiger partial charge in [-0.1, -0.05) is 26.2 Å². The van der Waals surface area contributed by atoms with E-state index >= 15 is 0 Å². The van der Waals surface area contributed by atoms with Crippen LogP contribution in [0.15, 0.2) is 22.8 Å². The average Bonchev–Trinajstić information content (AvgIpc) is 2.71. The first-order valence-electron chi connectivity index (χ1n) is 7.86. The summed E-state index contributed by atoms with van der Waals surface area (Å²) in [5, 5.41) is 4.58. The Morgan fingerprint density at radius 3 is 3.00 bits per heavy atom. The van der Waals surface area contributed by atoms with Crippen LogP contribution in [0.4, 0.5) is 0 Å². The van der Waals surface area contributed by atoms with Crippen LogP contribution in [0.1, 0.15) is 45.4 Å². The smallest absolute Gasteiger partial charge is 0.230 e. The van der Waals surface area contributed by atoms with E-state index in [2.05, 4.69) is 34.9 Å². The number of allylic oxidation sites excluding steroid dienone is 2. The predicted octanol–water partition coefficient (Wildman–Crippen LogP) is 3.92. The van der Waals surface area contributed by atoms with E-state index in [0.717, 1.165) is 25.8 Å². The molecule has 0 aromatic rings. The maximum Gasteiger partial charge on any atom is 0.230 e. The Hall–Kier alpha value is -0.830. The Kier molecular flexibility index (Phi) is 4.16. The highest BCUT2D eigenvalue weighted by Crippen LogP contribution is 2.36. The fraction of sp³-hybridized carbons (Fsp3) is 0.647. The summed E-state index contributed by atoms with van der Waals surface area (Å²) in [5.74, 6) is 1.35. The molecular formula is C17H25NOS. The third-order valence-corrected chi connectivity index (χ3v) is 6.02. The van der Waals surface area contributed by atoms with Crippen molar-refractivity contribution in [2.45, 2.75) is 45.4 Å². The average molecular weight is 291 g/mol. The van der Waals surface area contributed by atoms with Crippen molar-refractivity contribution in [3.05, 3.63) is 22.8 Å². The summed E-state index contributed by atoms with van der Waals surface area (Å²) >= 11 is 0. The zero-order valence-electron chi connectivity index (χ0n) is 12.6. The fourth-order valence-corrected chi connectivity index (χ4v) is 4.79. The molecule has 3 unspecified atom stereocenters. The van der Waals surface area contributed by atoms with Gasteiger partial charge in [0.15, 0.2) is 0 Å². The third-order valence-electron chi connectivity index (χ3n) is 4.79. The van der Waals surface area contributed by atoms with Crippen LogP contribution in [0.3, 0.4) is 0 Å². The van der Waals surface area contributed by atoms with Gasteiger partial charge in [0.25, 0.3) is 0 Å². The van der Waals surface area contributed by atoms with Crippen molar-refractivity contribution < 1.29 is 4.79 Å². The predicted molar refractivity (Wildman–Crippen MR) is 87.8 cm³/mol. The first-order chi connectivity index (χ1) is 9.65. The summed E-state index contributed by atoms with van der Waals surface area (Å²) in [6.45, 7) is 3.20. The molecule has 2 fully saturated rings. The van der Waals surface area contributed by atoms with Crippen LogP contribution in [0.25, 0.3) is 0 Å². The maximum absolute atomic E-state index is 12.9. The number of carbonyl (C=O) groups excluding carboxylic acids is 1. The van der Waals surface area contributed by atoms with Crippen molar-refractivity contribution in [3.8, 4) is 0 Å². The second-order valence-corrected chi connectivity index (χ2v) is 8.22. The maximum atomic E-state index is 12.9. The molecule has 0 bridgehead atoms. The summed E-state index contributed by atoms with van der Waals surface area (Å²) < 4.78 is 0. The third kappa shape index (κ3) is 2.78. The van der Waals surface area contributed by atoms with E-state index in [9.17, 15) is 4.79 Å². The summed E-state index contributed by atoms with van der Waals surface area (Å²) in [7, 11) is 0.256. The Labute approximate surface area is 124 Å². The molecule has 1 amide bonds.